The summed E-state index contributed by atoms with van der Waals surface area (Å²) in [6.07, 6.45) is 4.34. The highest BCUT2D eigenvalue weighted by Crippen LogP contribution is 2.31. The van der Waals surface area contributed by atoms with Gasteiger partial charge in [0.25, 0.3) is 0 Å². The SMILES string of the molecule is CC1(C)CCCN(c2ccnc(Cl)c2)C1. The van der Waals surface area contributed by atoms with Crippen molar-refractivity contribution < 1.29 is 0 Å². The summed E-state index contributed by atoms with van der Waals surface area (Å²) in [5.74, 6) is 0. The Labute approximate surface area is 96.3 Å². The second-order valence-corrected chi connectivity index (χ2v) is 5.41. The van der Waals surface area contributed by atoms with E-state index in [1.165, 1.54) is 18.5 Å². The average Bonchev–Trinajstić information content (AvgIpc) is 2.16. The molecule has 0 bridgehead atoms. The molecule has 0 radical (unpaired) electrons. The summed E-state index contributed by atoms with van der Waals surface area (Å²) in [7, 11) is 0. The molecule has 1 aromatic heterocycles. The van der Waals surface area contributed by atoms with Gasteiger partial charge in [-0.1, -0.05) is 25.4 Å². The first-order chi connectivity index (χ1) is 7.07. The van der Waals surface area contributed by atoms with Gasteiger partial charge in [0.05, 0.1) is 0 Å². The molecule has 0 unspecified atom stereocenters. The molecule has 1 fully saturated rings. The van der Waals surface area contributed by atoms with Crippen LogP contribution in [-0.4, -0.2) is 18.1 Å². The lowest BCUT2D eigenvalue weighted by atomic mass is 9.84. The summed E-state index contributed by atoms with van der Waals surface area (Å²) >= 11 is 5.90. The standard InChI is InChI=1S/C12H17ClN2/c1-12(2)5-3-7-15(9-12)10-4-6-14-11(13)8-10/h4,6,8H,3,5,7,9H2,1-2H3. The number of rotatable bonds is 1. The minimum atomic E-state index is 0.411. The molecule has 2 rings (SSSR count). The molecule has 15 heavy (non-hydrogen) atoms. The molecule has 0 atom stereocenters. The molecule has 1 saturated heterocycles. The van der Waals surface area contributed by atoms with Crippen molar-refractivity contribution in [3.05, 3.63) is 23.5 Å². The monoisotopic (exact) mass is 224 g/mol. The zero-order chi connectivity index (χ0) is 10.9. The van der Waals surface area contributed by atoms with Gasteiger partial charge < -0.3 is 4.90 Å². The lowest BCUT2D eigenvalue weighted by molar-refractivity contribution is 0.293. The van der Waals surface area contributed by atoms with E-state index < -0.39 is 0 Å². The van der Waals surface area contributed by atoms with Crippen molar-refractivity contribution in [1.29, 1.82) is 0 Å². The molecule has 2 nitrogen and oxygen atoms in total. The number of hydrogen-bond acceptors (Lipinski definition) is 2. The van der Waals surface area contributed by atoms with E-state index in [-0.39, 0.29) is 0 Å². The van der Waals surface area contributed by atoms with Gasteiger partial charge in [0, 0.05) is 25.0 Å². The Balaban J connectivity index is 2.17. The first-order valence-corrected chi connectivity index (χ1v) is 5.81. The van der Waals surface area contributed by atoms with E-state index in [4.69, 9.17) is 11.6 Å². The van der Waals surface area contributed by atoms with Crippen molar-refractivity contribution in [2.75, 3.05) is 18.0 Å². The maximum Gasteiger partial charge on any atom is 0.131 e. The summed E-state index contributed by atoms with van der Waals surface area (Å²) in [5, 5.41) is 0.580. The zero-order valence-corrected chi connectivity index (χ0v) is 10.1. The molecule has 0 aliphatic carbocycles. The van der Waals surface area contributed by atoms with Crippen LogP contribution in [0, 0.1) is 5.41 Å². The Kier molecular flexibility index (Phi) is 2.87. The van der Waals surface area contributed by atoms with Gasteiger partial charge in [0.2, 0.25) is 0 Å². The normalized spacial score (nSPS) is 20.3. The predicted molar refractivity (Wildman–Crippen MR) is 64.5 cm³/mol. The maximum atomic E-state index is 5.90. The third kappa shape index (κ3) is 2.63. The quantitative estimate of drug-likeness (QED) is 0.680. The Morgan fingerprint density at radius 3 is 2.93 bits per heavy atom. The highest BCUT2D eigenvalue weighted by Gasteiger charge is 2.26. The summed E-state index contributed by atoms with van der Waals surface area (Å²) in [6, 6.07) is 3.98. The topological polar surface area (TPSA) is 16.1 Å². The van der Waals surface area contributed by atoms with Crippen molar-refractivity contribution in [2.24, 2.45) is 5.41 Å². The smallest absolute Gasteiger partial charge is 0.131 e. The first kappa shape index (κ1) is 10.7. The molecule has 1 aliphatic rings. The van der Waals surface area contributed by atoms with E-state index in [9.17, 15) is 0 Å². The number of nitrogens with zero attached hydrogens (tertiary/aromatic N) is 2. The molecular formula is C12H17ClN2. The van der Waals surface area contributed by atoms with Gasteiger partial charge in [-0.25, -0.2) is 4.98 Å². The van der Waals surface area contributed by atoms with Crippen molar-refractivity contribution in [1.82, 2.24) is 4.98 Å². The van der Waals surface area contributed by atoms with Crippen LogP contribution in [0.25, 0.3) is 0 Å². The van der Waals surface area contributed by atoms with Crippen LogP contribution >= 0.6 is 11.6 Å². The minimum Gasteiger partial charge on any atom is -0.371 e. The number of anilines is 1. The van der Waals surface area contributed by atoms with Crippen molar-refractivity contribution in [3.63, 3.8) is 0 Å². The molecule has 0 spiro atoms. The fourth-order valence-electron chi connectivity index (χ4n) is 2.23. The maximum absolute atomic E-state index is 5.90. The molecule has 0 saturated carbocycles. The van der Waals surface area contributed by atoms with Gasteiger partial charge in [0.15, 0.2) is 0 Å². The third-order valence-corrected chi connectivity index (χ3v) is 3.18. The van der Waals surface area contributed by atoms with E-state index in [2.05, 4.69) is 23.7 Å². The predicted octanol–water partition coefficient (Wildman–Crippen LogP) is 3.36. The fourth-order valence-corrected chi connectivity index (χ4v) is 2.40. The number of hydrogen-bond donors (Lipinski definition) is 0. The molecule has 0 aromatic carbocycles. The van der Waals surface area contributed by atoms with E-state index >= 15 is 0 Å². The highest BCUT2D eigenvalue weighted by molar-refractivity contribution is 6.29. The molecule has 0 amide bonds. The van der Waals surface area contributed by atoms with E-state index in [1.54, 1.807) is 6.20 Å². The lowest BCUT2D eigenvalue weighted by Crippen LogP contribution is -2.40. The summed E-state index contributed by atoms with van der Waals surface area (Å²) in [5.41, 5.74) is 1.61. The van der Waals surface area contributed by atoms with Crippen molar-refractivity contribution in [3.8, 4) is 0 Å². The van der Waals surface area contributed by atoms with Gasteiger partial charge in [-0.2, -0.15) is 0 Å². The van der Waals surface area contributed by atoms with Gasteiger partial charge in [0.1, 0.15) is 5.15 Å². The van der Waals surface area contributed by atoms with Crippen LogP contribution < -0.4 is 4.90 Å². The number of aromatic nitrogens is 1. The number of halogens is 1. The Morgan fingerprint density at radius 2 is 2.27 bits per heavy atom. The van der Waals surface area contributed by atoms with Gasteiger partial charge in [-0.3, -0.25) is 0 Å². The Bertz CT molecular complexity index is 349. The first-order valence-electron chi connectivity index (χ1n) is 5.43. The minimum absolute atomic E-state index is 0.411. The zero-order valence-electron chi connectivity index (χ0n) is 9.33. The number of piperidine rings is 1. The molecule has 1 aromatic rings. The Morgan fingerprint density at radius 1 is 1.47 bits per heavy atom. The van der Waals surface area contributed by atoms with Crippen LogP contribution in [0.2, 0.25) is 5.15 Å². The molecule has 82 valence electrons. The van der Waals surface area contributed by atoms with Crippen LogP contribution in [0.4, 0.5) is 5.69 Å². The molecule has 1 aliphatic heterocycles. The average molecular weight is 225 g/mol. The summed E-state index contributed by atoms with van der Waals surface area (Å²) in [6.45, 7) is 6.88. The molecular weight excluding hydrogens is 208 g/mol. The van der Waals surface area contributed by atoms with Crippen LogP contribution in [0.3, 0.4) is 0 Å². The highest BCUT2D eigenvalue weighted by atomic mass is 35.5. The van der Waals surface area contributed by atoms with Crippen LogP contribution in [-0.2, 0) is 0 Å². The lowest BCUT2D eigenvalue weighted by Gasteiger charge is -2.39. The van der Waals surface area contributed by atoms with E-state index in [1.807, 2.05) is 12.1 Å². The number of pyridine rings is 1. The molecule has 3 heteroatoms. The Hall–Kier alpha value is -0.760. The second kappa shape index (κ2) is 4.01. The van der Waals surface area contributed by atoms with Crippen LogP contribution in [0.15, 0.2) is 18.3 Å². The molecule has 2 heterocycles. The second-order valence-electron chi connectivity index (χ2n) is 5.03. The fraction of sp³-hybridized carbons (Fsp3) is 0.583. The third-order valence-electron chi connectivity index (χ3n) is 2.98. The van der Waals surface area contributed by atoms with Crippen LogP contribution in [0.5, 0.6) is 0 Å². The summed E-state index contributed by atoms with van der Waals surface area (Å²) < 4.78 is 0. The van der Waals surface area contributed by atoms with Gasteiger partial charge >= 0.3 is 0 Å². The van der Waals surface area contributed by atoms with E-state index in [0.717, 1.165) is 13.1 Å². The largest absolute Gasteiger partial charge is 0.371 e. The van der Waals surface area contributed by atoms with Gasteiger partial charge in [-0.05, 0) is 30.4 Å². The van der Waals surface area contributed by atoms with Gasteiger partial charge in [-0.15, -0.1) is 0 Å². The van der Waals surface area contributed by atoms with Crippen LogP contribution in [0.1, 0.15) is 26.7 Å². The van der Waals surface area contributed by atoms with E-state index in [0.29, 0.717) is 10.6 Å². The molecule has 0 N–H and O–H groups in total. The van der Waals surface area contributed by atoms with Crippen molar-refractivity contribution in [2.45, 2.75) is 26.7 Å². The van der Waals surface area contributed by atoms with Crippen molar-refractivity contribution >= 4 is 17.3 Å². The summed E-state index contributed by atoms with van der Waals surface area (Å²) in [4.78, 5) is 6.41.